The van der Waals surface area contributed by atoms with E-state index in [1.54, 1.807) is 0 Å². The SMILES string of the molecule is CC1(C)OB(c2ccc3c(c2)C2(CCO3)CC2)OC1(C)C. The number of hydrogen-bond acceptors (Lipinski definition) is 3. The standard InChI is InChI=1S/C17H23BO3/c1-15(2)16(3,4)21-18(20-15)12-5-6-14-13(11-12)17(7-8-17)9-10-19-14/h5-6,11H,7-10H2,1-4H3. The molecule has 0 atom stereocenters. The molecule has 4 heteroatoms. The molecule has 1 saturated carbocycles. The summed E-state index contributed by atoms with van der Waals surface area (Å²) in [6.45, 7) is 9.23. The van der Waals surface area contributed by atoms with Crippen LogP contribution in [0.25, 0.3) is 0 Å². The van der Waals surface area contributed by atoms with E-state index in [0.29, 0.717) is 5.41 Å². The molecule has 0 unspecified atom stereocenters. The van der Waals surface area contributed by atoms with Gasteiger partial charge in [0, 0.05) is 11.0 Å². The van der Waals surface area contributed by atoms with E-state index in [0.717, 1.165) is 24.2 Å². The molecular weight excluding hydrogens is 263 g/mol. The minimum atomic E-state index is -0.290. The van der Waals surface area contributed by atoms with Gasteiger partial charge in [0.05, 0.1) is 17.8 Å². The Bertz CT molecular complexity index is 574. The minimum absolute atomic E-state index is 0.280. The summed E-state index contributed by atoms with van der Waals surface area (Å²) >= 11 is 0. The van der Waals surface area contributed by atoms with Crippen molar-refractivity contribution in [3.63, 3.8) is 0 Å². The van der Waals surface area contributed by atoms with Gasteiger partial charge in [0.25, 0.3) is 0 Å². The van der Waals surface area contributed by atoms with Gasteiger partial charge < -0.3 is 14.0 Å². The molecule has 3 aliphatic rings. The summed E-state index contributed by atoms with van der Waals surface area (Å²) in [4.78, 5) is 0. The van der Waals surface area contributed by atoms with Crippen LogP contribution in [0.3, 0.4) is 0 Å². The topological polar surface area (TPSA) is 27.7 Å². The molecule has 21 heavy (non-hydrogen) atoms. The van der Waals surface area contributed by atoms with Crippen LogP contribution in [0.1, 0.15) is 52.5 Å². The molecule has 1 aliphatic carbocycles. The van der Waals surface area contributed by atoms with Crippen molar-refractivity contribution in [1.82, 2.24) is 0 Å². The Hall–Kier alpha value is -0.995. The van der Waals surface area contributed by atoms with Crippen molar-refractivity contribution in [1.29, 1.82) is 0 Å². The van der Waals surface area contributed by atoms with Gasteiger partial charge in [-0.05, 0) is 58.5 Å². The first kappa shape index (κ1) is 13.7. The lowest BCUT2D eigenvalue weighted by Gasteiger charge is -2.32. The fraction of sp³-hybridized carbons (Fsp3) is 0.647. The van der Waals surface area contributed by atoms with Crippen molar-refractivity contribution in [2.24, 2.45) is 0 Å². The quantitative estimate of drug-likeness (QED) is 0.743. The molecule has 2 heterocycles. The van der Waals surface area contributed by atoms with Crippen LogP contribution in [0.2, 0.25) is 0 Å². The fourth-order valence-electron chi connectivity index (χ4n) is 3.37. The van der Waals surface area contributed by atoms with E-state index in [1.807, 2.05) is 0 Å². The van der Waals surface area contributed by atoms with Gasteiger partial charge in [0.15, 0.2) is 0 Å². The monoisotopic (exact) mass is 286 g/mol. The van der Waals surface area contributed by atoms with Crippen LogP contribution in [0.4, 0.5) is 0 Å². The van der Waals surface area contributed by atoms with Crippen LogP contribution in [-0.4, -0.2) is 24.9 Å². The number of hydrogen-bond donors (Lipinski definition) is 0. The smallest absolute Gasteiger partial charge is 0.493 e. The third-order valence-electron chi connectivity index (χ3n) is 5.79. The molecule has 0 bridgehead atoms. The molecular formula is C17H23BO3. The van der Waals surface area contributed by atoms with E-state index >= 15 is 0 Å². The van der Waals surface area contributed by atoms with Crippen LogP contribution in [0, 0.1) is 0 Å². The van der Waals surface area contributed by atoms with Gasteiger partial charge in [0.1, 0.15) is 5.75 Å². The summed E-state index contributed by atoms with van der Waals surface area (Å²) in [7, 11) is -0.280. The van der Waals surface area contributed by atoms with Crippen molar-refractivity contribution < 1.29 is 14.0 Å². The Morgan fingerprint density at radius 3 is 2.24 bits per heavy atom. The second-order valence-electron chi connectivity index (χ2n) is 7.72. The van der Waals surface area contributed by atoms with Crippen molar-refractivity contribution in [2.45, 2.75) is 63.6 Å². The Morgan fingerprint density at radius 2 is 1.62 bits per heavy atom. The highest BCUT2D eigenvalue weighted by atomic mass is 16.7. The second-order valence-corrected chi connectivity index (χ2v) is 7.72. The van der Waals surface area contributed by atoms with Crippen LogP contribution >= 0.6 is 0 Å². The third-order valence-corrected chi connectivity index (χ3v) is 5.79. The van der Waals surface area contributed by atoms with Crippen molar-refractivity contribution in [3.05, 3.63) is 23.8 Å². The zero-order chi connectivity index (χ0) is 14.9. The number of fused-ring (bicyclic) bond motifs is 2. The second kappa shape index (κ2) is 4.05. The number of ether oxygens (including phenoxy) is 1. The maximum atomic E-state index is 6.17. The average Bonchev–Trinajstić information content (AvgIpc) is 3.13. The van der Waals surface area contributed by atoms with Crippen LogP contribution in [-0.2, 0) is 14.7 Å². The fourth-order valence-corrected chi connectivity index (χ4v) is 3.37. The predicted octanol–water partition coefficient (Wildman–Crippen LogP) is 2.80. The molecule has 1 spiro atoms. The van der Waals surface area contributed by atoms with Gasteiger partial charge in [0.2, 0.25) is 0 Å². The minimum Gasteiger partial charge on any atom is -0.493 e. The molecule has 0 aromatic heterocycles. The number of rotatable bonds is 1. The Kier molecular flexibility index (Phi) is 2.63. The average molecular weight is 286 g/mol. The lowest BCUT2D eigenvalue weighted by molar-refractivity contribution is 0.00578. The first-order chi connectivity index (χ1) is 9.83. The molecule has 1 saturated heterocycles. The summed E-state index contributed by atoms with van der Waals surface area (Å²) in [6, 6.07) is 6.43. The first-order valence-electron chi connectivity index (χ1n) is 7.96. The lowest BCUT2D eigenvalue weighted by Crippen LogP contribution is -2.41. The van der Waals surface area contributed by atoms with Crippen LogP contribution < -0.4 is 10.2 Å². The molecule has 3 nitrogen and oxygen atoms in total. The Labute approximate surface area is 127 Å². The maximum Gasteiger partial charge on any atom is 0.494 e. The maximum absolute atomic E-state index is 6.17. The normalized spacial score (nSPS) is 27.3. The molecule has 1 aromatic carbocycles. The van der Waals surface area contributed by atoms with Crippen molar-refractivity contribution in [3.8, 4) is 5.75 Å². The molecule has 0 N–H and O–H groups in total. The Balaban J connectivity index is 1.69. The summed E-state index contributed by atoms with van der Waals surface area (Å²) in [5.41, 5.74) is 2.28. The van der Waals surface area contributed by atoms with Gasteiger partial charge in [-0.15, -0.1) is 0 Å². The van der Waals surface area contributed by atoms with Crippen molar-refractivity contribution >= 4 is 12.6 Å². The van der Waals surface area contributed by atoms with Crippen LogP contribution in [0.15, 0.2) is 18.2 Å². The van der Waals surface area contributed by atoms with Gasteiger partial charge in [-0.2, -0.15) is 0 Å². The zero-order valence-corrected chi connectivity index (χ0v) is 13.4. The van der Waals surface area contributed by atoms with Crippen molar-refractivity contribution in [2.75, 3.05) is 6.61 Å². The number of benzene rings is 1. The van der Waals surface area contributed by atoms with E-state index in [2.05, 4.69) is 45.9 Å². The van der Waals surface area contributed by atoms with Gasteiger partial charge in [-0.25, -0.2) is 0 Å². The molecule has 2 fully saturated rings. The molecule has 0 radical (unpaired) electrons. The van der Waals surface area contributed by atoms with E-state index < -0.39 is 0 Å². The van der Waals surface area contributed by atoms with Gasteiger partial charge in [-0.1, -0.05) is 12.1 Å². The van der Waals surface area contributed by atoms with E-state index in [9.17, 15) is 0 Å². The summed E-state index contributed by atoms with van der Waals surface area (Å²) < 4.78 is 18.2. The third kappa shape index (κ3) is 1.96. The van der Waals surface area contributed by atoms with E-state index in [4.69, 9.17) is 14.0 Å². The summed E-state index contributed by atoms with van der Waals surface area (Å²) in [5, 5.41) is 0. The summed E-state index contributed by atoms with van der Waals surface area (Å²) in [5.74, 6) is 1.05. The summed E-state index contributed by atoms with van der Waals surface area (Å²) in [6.07, 6.45) is 3.72. The first-order valence-corrected chi connectivity index (χ1v) is 7.96. The predicted molar refractivity (Wildman–Crippen MR) is 83.2 cm³/mol. The zero-order valence-electron chi connectivity index (χ0n) is 13.4. The Morgan fingerprint density at radius 1 is 0.952 bits per heavy atom. The molecule has 112 valence electrons. The van der Waals surface area contributed by atoms with E-state index in [-0.39, 0.29) is 18.3 Å². The highest BCUT2D eigenvalue weighted by molar-refractivity contribution is 6.62. The highest BCUT2D eigenvalue weighted by Gasteiger charge is 2.53. The van der Waals surface area contributed by atoms with Gasteiger partial charge in [-0.3, -0.25) is 0 Å². The van der Waals surface area contributed by atoms with E-state index in [1.165, 1.54) is 18.4 Å². The largest absolute Gasteiger partial charge is 0.494 e. The lowest BCUT2D eigenvalue weighted by atomic mass is 9.76. The highest BCUT2D eigenvalue weighted by Crippen LogP contribution is 2.55. The van der Waals surface area contributed by atoms with Crippen LogP contribution in [0.5, 0.6) is 5.75 Å². The molecule has 1 aromatic rings. The molecule has 0 amide bonds. The van der Waals surface area contributed by atoms with Gasteiger partial charge >= 0.3 is 7.12 Å². The molecule has 2 aliphatic heterocycles. The molecule has 4 rings (SSSR count).